The van der Waals surface area contributed by atoms with Gasteiger partial charge in [-0.3, -0.25) is 0 Å². The quantitative estimate of drug-likeness (QED) is 0.804. The van der Waals surface area contributed by atoms with Crippen molar-refractivity contribution >= 4 is 21.4 Å². The molecule has 0 spiro atoms. The van der Waals surface area contributed by atoms with Gasteiger partial charge >= 0.3 is 6.36 Å². The molecule has 0 saturated heterocycles. The maximum Gasteiger partial charge on any atom is 0.573 e. The van der Waals surface area contributed by atoms with Crippen LogP contribution in [0.25, 0.3) is 0 Å². The maximum absolute atomic E-state index is 12.5. The number of ether oxygens (including phenoxy) is 1. The zero-order chi connectivity index (χ0) is 17.3. The Morgan fingerprint density at radius 3 is 2.26 bits per heavy atom. The molecule has 126 valence electrons. The molecule has 9 heteroatoms. The first-order valence-electron chi connectivity index (χ1n) is 6.48. The smallest absolute Gasteiger partial charge is 0.406 e. The maximum atomic E-state index is 12.5. The van der Waals surface area contributed by atoms with E-state index in [1.165, 1.54) is 22.7 Å². The van der Waals surface area contributed by atoms with Crippen molar-refractivity contribution in [3.05, 3.63) is 46.7 Å². The Morgan fingerprint density at radius 1 is 1.17 bits per heavy atom. The van der Waals surface area contributed by atoms with Crippen LogP contribution in [0.4, 0.5) is 13.2 Å². The van der Waals surface area contributed by atoms with Crippen molar-refractivity contribution in [2.45, 2.75) is 24.2 Å². The predicted octanol–water partition coefficient (Wildman–Crippen LogP) is 4.03. The molecule has 0 saturated carbocycles. The topological polar surface area (TPSA) is 46.6 Å². The minimum Gasteiger partial charge on any atom is -0.406 e. The van der Waals surface area contributed by atoms with E-state index in [1.807, 2.05) is 17.5 Å². The second-order valence-electron chi connectivity index (χ2n) is 4.73. The van der Waals surface area contributed by atoms with Gasteiger partial charge in [-0.25, -0.2) is 8.42 Å². The SMILES string of the molecule is C[C@@H](c1cccs1)N(C)S(=O)(=O)c1ccc(OC(F)(F)F)cc1. The Labute approximate surface area is 136 Å². The molecule has 0 radical (unpaired) electrons. The lowest BCUT2D eigenvalue weighted by Gasteiger charge is -2.23. The molecule has 1 aromatic carbocycles. The van der Waals surface area contributed by atoms with Gasteiger partial charge in [0.2, 0.25) is 10.0 Å². The minimum absolute atomic E-state index is 0.0991. The third-order valence-electron chi connectivity index (χ3n) is 3.23. The number of alkyl halides is 3. The first-order chi connectivity index (χ1) is 10.6. The Morgan fingerprint density at radius 2 is 1.78 bits per heavy atom. The second-order valence-corrected chi connectivity index (χ2v) is 7.71. The van der Waals surface area contributed by atoms with Crippen LogP contribution in [0.3, 0.4) is 0 Å². The molecule has 1 atom stereocenters. The summed E-state index contributed by atoms with van der Waals surface area (Å²) in [4.78, 5) is 0.769. The fourth-order valence-corrected chi connectivity index (χ4v) is 4.13. The van der Waals surface area contributed by atoms with Gasteiger partial charge < -0.3 is 4.74 Å². The zero-order valence-electron chi connectivity index (χ0n) is 12.2. The van der Waals surface area contributed by atoms with Gasteiger partial charge in [0.1, 0.15) is 5.75 Å². The highest BCUT2D eigenvalue weighted by Crippen LogP contribution is 2.30. The number of thiophene rings is 1. The lowest BCUT2D eigenvalue weighted by molar-refractivity contribution is -0.274. The van der Waals surface area contributed by atoms with E-state index >= 15 is 0 Å². The molecule has 0 aliphatic carbocycles. The summed E-state index contributed by atoms with van der Waals surface area (Å²) in [5.74, 6) is -0.467. The molecule has 1 heterocycles. The molecule has 0 amide bonds. The van der Waals surface area contributed by atoms with Crippen LogP contribution >= 0.6 is 11.3 Å². The number of hydrogen-bond acceptors (Lipinski definition) is 4. The first-order valence-corrected chi connectivity index (χ1v) is 8.80. The van der Waals surface area contributed by atoms with Crippen molar-refractivity contribution in [1.82, 2.24) is 4.31 Å². The number of rotatable bonds is 5. The molecule has 0 N–H and O–H groups in total. The Kier molecular flexibility index (Phi) is 5.02. The van der Waals surface area contributed by atoms with E-state index in [1.54, 1.807) is 6.92 Å². The Balaban J connectivity index is 2.22. The zero-order valence-corrected chi connectivity index (χ0v) is 13.9. The lowest BCUT2D eigenvalue weighted by Crippen LogP contribution is -2.29. The van der Waals surface area contributed by atoms with Crippen LogP contribution in [0.1, 0.15) is 17.8 Å². The molecule has 0 aliphatic heterocycles. The minimum atomic E-state index is -4.81. The van der Waals surface area contributed by atoms with Gasteiger partial charge in [-0.2, -0.15) is 4.31 Å². The summed E-state index contributed by atoms with van der Waals surface area (Å²) in [5.41, 5.74) is 0. The summed E-state index contributed by atoms with van der Waals surface area (Å²) < 4.78 is 66.3. The Bertz CT molecular complexity index is 741. The molecular weight excluding hydrogens is 351 g/mol. The number of halogens is 3. The van der Waals surface area contributed by atoms with Gasteiger partial charge in [0.05, 0.1) is 10.9 Å². The fourth-order valence-electron chi connectivity index (χ4n) is 1.90. The van der Waals surface area contributed by atoms with E-state index in [-0.39, 0.29) is 10.9 Å². The number of nitrogens with zero attached hydrogens (tertiary/aromatic N) is 1. The van der Waals surface area contributed by atoms with E-state index in [9.17, 15) is 21.6 Å². The molecule has 4 nitrogen and oxygen atoms in total. The fraction of sp³-hybridized carbons (Fsp3) is 0.286. The van der Waals surface area contributed by atoms with Crippen molar-refractivity contribution in [1.29, 1.82) is 0 Å². The van der Waals surface area contributed by atoms with E-state index < -0.39 is 22.1 Å². The number of benzene rings is 1. The van der Waals surface area contributed by atoms with Crippen LogP contribution in [-0.2, 0) is 10.0 Å². The molecule has 0 bridgehead atoms. The van der Waals surface area contributed by atoms with Gasteiger partial charge in [-0.15, -0.1) is 24.5 Å². The molecular formula is C14H14F3NO3S2. The molecule has 0 fully saturated rings. The van der Waals surface area contributed by atoms with E-state index in [0.29, 0.717) is 0 Å². The van der Waals surface area contributed by atoms with Crippen LogP contribution in [0.5, 0.6) is 5.75 Å². The van der Waals surface area contributed by atoms with Crippen LogP contribution in [0.15, 0.2) is 46.7 Å². The van der Waals surface area contributed by atoms with Crippen molar-refractivity contribution < 1.29 is 26.3 Å². The van der Waals surface area contributed by atoms with Crippen LogP contribution in [0, 0.1) is 0 Å². The van der Waals surface area contributed by atoms with Gasteiger partial charge in [-0.1, -0.05) is 6.07 Å². The van der Waals surface area contributed by atoms with E-state index in [4.69, 9.17) is 0 Å². The highest BCUT2D eigenvalue weighted by molar-refractivity contribution is 7.89. The number of sulfonamides is 1. The largest absolute Gasteiger partial charge is 0.573 e. The van der Waals surface area contributed by atoms with Gasteiger partial charge in [0, 0.05) is 11.9 Å². The summed E-state index contributed by atoms with van der Waals surface area (Å²) in [5, 5.41) is 1.84. The number of hydrogen-bond donors (Lipinski definition) is 0. The lowest BCUT2D eigenvalue weighted by atomic mass is 10.3. The predicted molar refractivity (Wildman–Crippen MR) is 80.8 cm³/mol. The van der Waals surface area contributed by atoms with Crippen molar-refractivity contribution in [3.8, 4) is 5.75 Å². The normalized spacial score (nSPS) is 14.0. The molecule has 2 aromatic rings. The average molecular weight is 365 g/mol. The molecule has 23 heavy (non-hydrogen) atoms. The third-order valence-corrected chi connectivity index (χ3v) is 6.22. The summed E-state index contributed by atoms with van der Waals surface area (Å²) in [6.07, 6.45) is -4.81. The molecule has 0 unspecified atom stereocenters. The van der Waals surface area contributed by atoms with Crippen LogP contribution < -0.4 is 4.74 Å². The third kappa shape index (κ3) is 4.24. The van der Waals surface area contributed by atoms with Gasteiger partial charge in [0.15, 0.2) is 0 Å². The molecule has 1 aromatic heterocycles. The summed E-state index contributed by atoms with van der Waals surface area (Å²) in [6.45, 7) is 1.74. The van der Waals surface area contributed by atoms with E-state index in [2.05, 4.69) is 4.74 Å². The van der Waals surface area contributed by atoms with E-state index in [0.717, 1.165) is 29.1 Å². The summed E-state index contributed by atoms with van der Waals surface area (Å²) in [7, 11) is -2.39. The van der Waals surface area contributed by atoms with Gasteiger partial charge in [-0.05, 0) is 42.6 Å². The average Bonchev–Trinajstić information content (AvgIpc) is 2.98. The molecule has 0 aliphatic rings. The summed E-state index contributed by atoms with van der Waals surface area (Å²) >= 11 is 1.43. The standard InChI is InChI=1S/C14H14F3NO3S2/c1-10(13-4-3-9-22-13)18(2)23(19,20)12-7-5-11(6-8-12)21-14(15,16)17/h3-10H,1-2H3/t10-/m0/s1. The first kappa shape index (κ1) is 17.8. The highest BCUT2D eigenvalue weighted by atomic mass is 32.2. The monoisotopic (exact) mass is 365 g/mol. The van der Waals surface area contributed by atoms with Gasteiger partial charge in [0.25, 0.3) is 0 Å². The molecule has 2 rings (SSSR count). The second kappa shape index (κ2) is 6.50. The highest BCUT2D eigenvalue weighted by Gasteiger charge is 2.31. The van der Waals surface area contributed by atoms with Crippen molar-refractivity contribution in [2.24, 2.45) is 0 Å². The van der Waals surface area contributed by atoms with Crippen LogP contribution in [-0.4, -0.2) is 26.1 Å². The van der Waals surface area contributed by atoms with Crippen LogP contribution in [0.2, 0.25) is 0 Å². The van der Waals surface area contributed by atoms with Crippen molar-refractivity contribution in [3.63, 3.8) is 0 Å². The van der Waals surface area contributed by atoms with Crippen molar-refractivity contribution in [2.75, 3.05) is 7.05 Å². The summed E-state index contributed by atoms with van der Waals surface area (Å²) in [6, 6.07) is 7.39. The Hall–Kier alpha value is -1.58.